The maximum atomic E-state index is 10.8. The lowest BCUT2D eigenvalue weighted by molar-refractivity contribution is -0.138. The Hall–Kier alpha value is -1.58. The Bertz CT molecular complexity index is 329. The summed E-state index contributed by atoms with van der Waals surface area (Å²) in [7, 11) is 0. The summed E-state index contributed by atoms with van der Waals surface area (Å²) in [5.41, 5.74) is 0. The Morgan fingerprint density at radius 1 is 0.520 bits per heavy atom. The van der Waals surface area contributed by atoms with Crippen LogP contribution in [0.1, 0.15) is 83.5 Å². The van der Waals surface area contributed by atoms with E-state index in [4.69, 9.17) is 9.47 Å². The molecule has 0 aromatic rings. The van der Waals surface area contributed by atoms with E-state index in [9.17, 15) is 9.59 Å². The molecular weight excluding hydrogens is 316 g/mol. The van der Waals surface area contributed by atoms with E-state index in [0.717, 1.165) is 25.7 Å². The normalized spacial score (nSPS) is 10.2. The summed E-state index contributed by atoms with van der Waals surface area (Å²) in [5, 5.41) is 0. The summed E-state index contributed by atoms with van der Waals surface area (Å²) >= 11 is 0. The Balaban J connectivity index is 3.07. The van der Waals surface area contributed by atoms with Crippen LogP contribution in [0.15, 0.2) is 25.3 Å². The fourth-order valence-corrected chi connectivity index (χ4v) is 2.61. The largest absolute Gasteiger partial charge is 0.463 e. The molecule has 0 amide bonds. The number of unbranched alkanes of at least 4 members (excludes halogenated alkanes) is 12. The Labute approximate surface area is 153 Å². The minimum Gasteiger partial charge on any atom is -0.463 e. The molecule has 4 heteroatoms. The number of hydrogen-bond acceptors (Lipinski definition) is 4. The van der Waals surface area contributed by atoms with E-state index in [0.29, 0.717) is 13.2 Å². The van der Waals surface area contributed by atoms with Gasteiger partial charge >= 0.3 is 11.9 Å². The van der Waals surface area contributed by atoms with Crippen LogP contribution < -0.4 is 0 Å². The molecule has 0 bridgehead atoms. The van der Waals surface area contributed by atoms with Crippen LogP contribution >= 0.6 is 0 Å². The van der Waals surface area contributed by atoms with Crippen molar-refractivity contribution in [3.63, 3.8) is 0 Å². The second-order valence-corrected chi connectivity index (χ2v) is 6.34. The smallest absolute Gasteiger partial charge is 0.330 e. The number of rotatable bonds is 18. The van der Waals surface area contributed by atoms with Gasteiger partial charge in [-0.25, -0.2) is 9.59 Å². The zero-order valence-corrected chi connectivity index (χ0v) is 15.8. The molecule has 0 spiro atoms. The number of esters is 2. The fourth-order valence-electron chi connectivity index (χ4n) is 2.61. The second-order valence-electron chi connectivity index (χ2n) is 6.34. The van der Waals surface area contributed by atoms with Crippen LogP contribution in [-0.4, -0.2) is 25.2 Å². The van der Waals surface area contributed by atoms with Crippen LogP contribution in [0.5, 0.6) is 0 Å². The first-order valence-electron chi connectivity index (χ1n) is 9.79. The SMILES string of the molecule is C=CC(=O)OCCCCCCCCCCCCCCCOC(=O)C=C. The standard InChI is InChI=1S/C21H36O4/c1-3-20(22)24-18-16-14-12-10-8-6-5-7-9-11-13-15-17-19-25-21(23)4-2/h3-4H,1-2,5-19H2. The van der Waals surface area contributed by atoms with E-state index >= 15 is 0 Å². The minimum absolute atomic E-state index is 0.323. The van der Waals surface area contributed by atoms with Crippen molar-refractivity contribution in [3.05, 3.63) is 25.3 Å². The molecule has 0 rings (SSSR count). The van der Waals surface area contributed by atoms with Gasteiger partial charge in [0.05, 0.1) is 13.2 Å². The number of carbonyl (C=O) groups excluding carboxylic acids is 2. The lowest BCUT2D eigenvalue weighted by atomic mass is 10.0. The predicted molar refractivity (Wildman–Crippen MR) is 102 cm³/mol. The van der Waals surface area contributed by atoms with Gasteiger partial charge in [-0.1, -0.05) is 83.8 Å². The lowest BCUT2D eigenvalue weighted by Gasteiger charge is -2.04. The molecule has 0 radical (unpaired) electrons. The molecule has 0 aromatic carbocycles. The Kier molecular flexibility index (Phi) is 17.6. The topological polar surface area (TPSA) is 52.6 Å². The van der Waals surface area contributed by atoms with Gasteiger partial charge in [-0.15, -0.1) is 0 Å². The third-order valence-corrected chi connectivity index (χ3v) is 4.11. The fraction of sp³-hybridized carbons (Fsp3) is 0.714. The molecule has 0 saturated heterocycles. The molecule has 144 valence electrons. The van der Waals surface area contributed by atoms with Gasteiger partial charge in [0.1, 0.15) is 0 Å². The minimum atomic E-state index is -0.323. The maximum absolute atomic E-state index is 10.8. The van der Waals surface area contributed by atoms with Gasteiger partial charge in [-0.05, 0) is 12.8 Å². The monoisotopic (exact) mass is 352 g/mol. The van der Waals surface area contributed by atoms with Gasteiger partial charge in [0.15, 0.2) is 0 Å². The third kappa shape index (κ3) is 18.6. The summed E-state index contributed by atoms with van der Waals surface area (Å²) < 4.78 is 9.87. The molecule has 0 aromatic heterocycles. The van der Waals surface area contributed by atoms with Crippen molar-refractivity contribution >= 4 is 11.9 Å². The zero-order valence-electron chi connectivity index (χ0n) is 15.8. The van der Waals surface area contributed by atoms with Crippen LogP contribution in [-0.2, 0) is 19.1 Å². The highest BCUT2D eigenvalue weighted by Crippen LogP contribution is 2.12. The number of carbonyl (C=O) groups is 2. The molecule has 0 fully saturated rings. The zero-order chi connectivity index (χ0) is 18.6. The highest BCUT2D eigenvalue weighted by Gasteiger charge is 1.97. The molecule has 0 aliphatic heterocycles. The molecule has 0 aliphatic carbocycles. The van der Waals surface area contributed by atoms with Gasteiger partial charge in [0.2, 0.25) is 0 Å². The molecule has 0 atom stereocenters. The van der Waals surface area contributed by atoms with Gasteiger partial charge in [-0.3, -0.25) is 0 Å². The van der Waals surface area contributed by atoms with Gasteiger partial charge < -0.3 is 9.47 Å². The van der Waals surface area contributed by atoms with Crippen LogP contribution in [0.3, 0.4) is 0 Å². The van der Waals surface area contributed by atoms with Crippen LogP contribution in [0.25, 0.3) is 0 Å². The first kappa shape index (κ1) is 23.4. The van der Waals surface area contributed by atoms with E-state index < -0.39 is 0 Å². The summed E-state index contributed by atoms with van der Waals surface area (Å²) in [6.45, 7) is 7.77. The van der Waals surface area contributed by atoms with E-state index in [1.165, 1.54) is 69.9 Å². The average Bonchev–Trinajstić information content (AvgIpc) is 2.63. The van der Waals surface area contributed by atoms with Gasteiger partial charge in [0, 0.05) is 12.2 Å². The van der Waals surface area contributed by atoms with Crippen LogP contribution in [0.2, 0.25) is 0 Å². The lowest BCUT2D eigenvalue weighted by Crippen LogP contribution is -2.01. The van der Waals surface area contributed by atoms with Crippen molar-refractivity contribution in [2.45, 2.75) is 83.5 Å². The summed E-state index contributed by atoms with van der Waals surface area (Å²) in [4.78, 5) is 21.7. The quantitative estimate of drug-likeness (QED) is 0.185. The summed E-state index contributed by atoms with van der Waals surface area (Å²) in [5.74, 6) is -0.646. The maximum Gasteiger partial charge on any atom is 0.330 e. The van der Waals surface area contributed by atoms with Crippen molar-refractivity contribution in [2.24, 2.45) is 0 Å². The first-order valence-corrected chi connectivity index (χ1v) is 9.79. The molecule has 0 N–H and O–H groups in total. The van der Waals surface area contributed by atoms with Crippen LogP contribution in [0, 0.1) is 0 Å². The van der Waals surface area contributed by atoms with Crippen molar-refractivity contribution in [1.82, 2.24) is 0 Å². The molecule has 0 aliphatic rings. The summed E-state index contributed by atoms with van der Waals surface area (Å²) in [6, 6.07) is 0. The summed E-state index contributed by atoms with van der Waals surface area (Å²) in [6.07, 6.45) is 18.2. The van der Waals surface area contributed by atoms with Crippen LogP contribution in [0.4, 0.5) is 0 Å². The average molecular weight is 353 g/mol. The first-order chi connectivity index (χ1) is 12.2. The van der Waals surface area contributed by atoms with Crippen molar-refractivity contribution < 1.29 is 19.1 Å². The van der Waals surface area contributed by atoms with E-state index in [1.54, 1.807) is 0 Å². The molecular formula is C21H36O4. The molecule has 0 heterocycles. The van der Waals surface area contributed by atoms with Gasteiger partial charge in [0.25, 0.3) is 0 Å². The van der Waals surface area contributed by atoms with Crippen molar-refractivity contribution in [2.75, 3.05) is 13.2 Å². The van der Waals surface area contributed by atoms with Crippen molar-refractivity contribution in [3.8, 4) is 0 Å². The molecule has 0 saturated carbocycles. The predicted octanol–water partition coefficient (Wildman–Crippen LogP) is 5.52. The van der Waals surface area contributed by atoms with E-state index in [-0.39, 0.29) is 11.9 Å². The van der Waals surface area contributed by atoms with Gasteiger partial charge in [-0.2, -0.15) is 0 Å². The Morgan fingerprint density at radius 2 is 0.760 bits per heavy atom. The molecule has 0 unspecified atom stereocenters. The number of ether oxygens (including phenoxy) is 2. The second kappa shape index (κ2) is 18.8. The Morgan fingerprint density at radius 3 is 1.00 bits per heavy atom. The highest BCUT2D eigenvalue weighted by atomic mass is 16.5. The number of hydrogen-bond donors (Lipinski definition) is 0. The molecule has 4 nitrogen and oxygen atoms in total. The molecule has 25 heavy (non-hydrogen) atoms. The van der Waals surface area contributed by atoms with Crippen molar-refractivity contribution in [1.29, 1.82) is 0 Å². The third-order valence-electron chi connectivity index (χ3n) is 4.11. The highest BCUT2D eigenvalue weighted by molar-refractivity contribution is 5.81. The van der Waals surface area contributed by atoms with E-state index in [1.807, 2.05) is 0 Å². The van der Waals surface area contributed by atoms with E-state index in [2.05, 4.69) is 13.2 Å².